The molecule has 158 valence electrons. The van der Waals surface area contributed by atoms with Gasteiger partial charge < -0.3 is 25.0 Å². The maximum atomic E-state index is 10.5. The van der Waals surface area contributed by atoms with E-state index in [0.717, 1.165) is 48.9 Å². The number of nitrogens with zero attached hydrogens (tertiary/aromatic N) is 4. The van der Waals surface area contributed by atoms with Crippen molar-refractivity contribution in [2.24, 2.45) is 4.99 Å². The Morgan fingerprint density at radius 1 is 1.21 bits per heavy atom. The largest absolute Gasteiger partial charge is 0.491 e. The molecule has 0 saturated heterocycles. The number of guanidine groups is 1. The molecule has 8 nitrogen and oxygen atoms in total. The zero-order chi connectivity index (χ0) is 20.6. The van der Waals surface area contributed by atoms with Gasteiger partial charge in [-0.2, -0.15) is 0 Å². The van der Waals surface area contributed by atoms with Gasteiger partial charge in [-0.25, -0.2) is 4.99 Å². The van der Waals surface area contributed by atoms with E-state index < -0.39 is 6.10 Å². The summed E-state index contributed by atoms with van der Waals surface area (Å²) in [6.45, 7) is 8.51. The van der Waals surface area contributed by atoms with Crippen LogP contribution in [0.4, 0.5) is 0 Å². The van der Waals surface area contributed by atoms with Crippen molar-refractivity contribution in [1.29, 1.82) is 0 Å². The summed E-state index contributed by atoms with van der Waals surface area (Å²) in [7, 11) is 0. The average Bonchev–Trinajstić information content (AvgIpc) is 3.13. The fraction of sp³-hybridized carbons (Fsp3) is 0.571. The Morgan fingerprint density at radius 3 is 2.72 bits per heavy atom. The van der Waals surface area contributed by atoms with Crippen LogP contribution < -0.4 is 15.4 Å². The third kappa shape index (κ3) is 5.93. The summed E-state index contributed by atoms with van der Waals surface area (Å²) in [5, 5.41) is 25.5. The zero-order valence-electron chi connectivity index (χ0n) is 17.6. The number of benzene rings is 1. The Balaban J connectivity index is 1.57. The Labute approximate surface area is 172 Å². The highest BCUT2D eigenvalue weighted by Crippen LogP contribution is 2.18. The topological polar surface area (TPSA) is 96.6 Å². The van der Waals surface area contributed by atoms with Gasteiger partial charge in [0.2, 0.25) is 0 Å². The molecule has 2 heterocycles. The number of aryl methyl sites for hydroxylation is 1. The summed E-state index contributed by atoms with van der Waals surface area (Å²) in [6, 6.07) is 7.53. The summed E-state index contributed by atoms with van der Waals surface area (Å²) in [5.41, 5.74) is 0.830. The highest BCUT2D eigenvalue weighted by Gasteiger charge is 2.15. The standard InChI is InChI=1S/C21H32N6O2/c1-4-22-21(24-14-20-26-25-19-7-5-6-12-27(19)20)23-13-18(28)16-8-10-17(11-9-16)29-15(2)3/h8-11,15,18,28H,4-7,12-14H2,1-3H3,(H2,22,23,24). The van der Waals surface area contributed by atoms with Crippen LogP contribution in [0.25, 0.3) is 0 Å². The fourth-order valence-corrected chi connectivity index (χ4v) is 3.33. The zero-order valence-corrected chi connectivity index (χ0v) is 17.6. The molecule has 1 aliphatic rings. The quantitative estimate of drug-likeness (QED) is 0.464. The first-order valence-electron chi connectivity index (χ1n) is 10.4. The predicted molar refractivity (Wildman–Crippen MR) is 113 cm³/mol. The molecule has 0 saturated carbocycles. The first kappa shape index (κ1) is 21.1. The number of aromatic nitrogens is 3. The minimum atomic E-state index is -0.646. The van der Waals surface area contributed by atoms with Crippen LogP contribution in [0.15, 0.2) is 29.3 Å². The van der Waals surface area contributed by atoms with E-state index in [1.165, 1.54) is 6.42 Å². The predicted octanol–water partition coefficient (Wildman–Crippen LogP) is 2.19. The molecule has 3 rings (SSSR count). The summed E-state index contributed by atoms with van der Waals surface area (Å²) in [5.74, 6) is 3.40. The smallest absolute Gasteiger partial charge is 0.191 e. The fourth-order valence-electron chi connectivity index (χ4n) is 3.33. The van der Waals surface area contributed by atoms with Gasteiger partial charge in [0, 0.05) is 26.1 Å². The number of aliphatic hydroxyl groups is 1. The summed E-state index contributed by atoms with van der Waals surface area (Å²) in [4.78, 5) is 4.62. The molecule has 1 aliphatic heterocycles. The van der Waals surface area contributed by atoms with Crippen molar-refractivity contribution in [3.63, 3.8) is 0 Å². The number of fused-ring (bicyclic) bond motifs is 1. The van der Waals surface area contributed by atoms with E-state index in [2.05, 4.69) is 30.4 Å². The van der Waals surface area contributed by atoms with Crippen LogP contribution in [0.1, 0.15) is 56.9 Å². The molecule has 2 aromatic rings. The number of aliphatic hydroxyl groups excluding tert-OH is 1. The molecule has 29 heavy (non-hydrogen) atoms. The van der Waals surface area contributed by atoms with Crippen molar-refractivity contribution in [3.8, 4) is 5.75 Å². The van der Waals surface area contributed by atoms with Crippen LogP contribution in [0, 0.1) is 0 Å². The molecule has 1 aromatic heterocycles. The van der Waals surface area contributed by atoms with Gasteiger partial charge in [-0.15, -0.1) is 10.2 Å². The Kier molecular flexibility index (Phi) is 7.46. The number of aliphatic imine (C=N–C) groups is 1. The van der Waals surface area contributed by atoms with E-state index >= 15 is 0 Å². The second kappa shape index (κ2) is 10.2. The van der Waals surface area contributed by atoms with Crippen LogP contribution in [0.5, 0.6) is 5.75 Å². The van der Waals surface area contributed by atoms with Crippen molar-refractivity contribution in [1.82, 2.24) is 25.4 Å². The monoisotopic (exact) mass is 400 g/mol. The first-order chi connectivity index (χ1) is 14.1. The van der Waals surface area contributed by atoms with Gasteiger partial charge in [0.15, 0.2) is 11.8 Å². The molecular formula is C21H32N6O2. The van der Waals surface area contributed by atoms with E-state index in [1.807, 2.05) is 45.0 Å². The van der Waals surface area contributed by atoms with E-state index in [9.17, 15) is 5.11 Å². The van der Waals surface area contributed by atoms with E-state index in [1.54, 1.807) is 0 Å². The maximum Gasteiger partial charge on any atom is 0.191 e. The van der Waals surface area contributed by atoms with Gasteiger partial charge in [0.25, 0.3) is 0 Å². The van der Waals surface area contributed by atoms with Crippen molar-refractivity contribution in [2.45, 2.75) is 65.3 Å². The molecular weight excluding hydrogens is 368 g/mol. The summed E-state index contributed by atoms with van der Waals surface area (Å²) < 4.78 is 7.82. The van der Waals surface area contributed by atoms with Crippen LogP contribution >= 0.6 is 0 Å². The average molecular weight is 401 g/mol. The second-order valence-corrected chi connectivity index (χ2v) is 7.47. The number of rotatable bonds is 8. The third-order valence-corrected chi connectivity index (χ3v) is 4.76. The maximum absolute atomic E-state index is 10.5. The number of nitrogens with one attached hydrogen (secondary N) is 2. The van der Waals surface area contributed by atoms with Crippen LogP contribution in [-0.2, 0) is 19.5 Å². The Bertz CT molecular complexity index is 800. The van der Waals surface area contributed by atoms with Crippen molar-refractivity contribution in [3.05, 3.63) is 41.5 Å². The number of ether oxygens (including phenoxy) is 1. The molecule has 0 aliphatic carbocycles. The van der Waals surface area contributed by atoms with Crippen molar-refractivity contribution < 1.29 is 9.84 Å². The molecule has 1 atom stereocenters. The normalized spacial score (nSPS) is 15.1. The van der Waals surface area contributed by atoms with Crippen LogP contribution in [0.2, 0.25) is 0 Å². The summed E-state index contributed by atoms with van der Waals surface area (Å²) in [6.07, 6.45) is 2.80. The lowest BCUT2D eigenvalue weighted by molar-refractivity contribution is 0.180. The van der Waals surface area contributed by atoms with Gasteiger partial charge in [0.05, 0.1) is 12.2 Å². The number of hydrogen-bond acceptors (Lipinski definition) is 5. The van der Waals surface area contributed by atoms with Gasteiger partial charge in [-0.05, 0) is 51.3 Å². The minimum Gasteiger partial charge on any atom is -0.491 e. The molecule has 0 radical (unpaired) electrons. The third-order valence-electron chi connectivity index (χ3n) is 4.76. The van der Waals surface area contributed by atoms with E-state index in [0.29, 0.717) is 19.0 Å². The first-order valence-corrected chi connectivity index (χ1v) is 10.4. The van der Waals surface area contributed by atoms with Crippen LogP contribution in [0.3, 0.4) is 0 Å². The van der Waals surface area contributed by atoms with Crippen LogP contribution in [-0.4, -0.2) is 45.0 Å². The molecule has 0 fully saturated rings. The lowest BCUT2D eigenvalue weighted by atomic mass is 10.1. The molecule has 8 heteroatoms. The molecule has 0 spiro atoms. The molecule has 0 amide bonds. The van der Waals surface area contributed by atoms with E-state index in [4.69, 9.17) is 4.74 Å². The van der Waals surface area contributed by atoms with E-state index in [-0.39, 0.29) is 6.10 Å². The van der Waals surface area contributed by atoms with Crippen molar-refractivity contribution >= 4 is 5.96 Å². The molecule has 1 aromatic carbocycles. The minimum absolute atomic E-state index is 0.127. The van der Waals surface area contributed by atoms with Gasteiger partial charge >= 0.3 is 0 Å². The molecule has 3 N–H and O–H groups in total. The summed E-state index contributed by atoms with van der Waals surface area (Å²) >= 11 is 0. The highest BCUT2D eigenvalue weighted by atomic mass is 16.5. The SMILES string of the molecule is CCNC(=NCc1nnc2n1CCCC2)NCC(O)c1ccc(OC(C)C)cc1. The second-order valence-electron chi connectivity index (χ2n) is 7.47. The number of hydrogen-bond donors (Lipinski definition) is 3. The van der Waals surface area contributed by atoms with Gasteiger partial charge in [0.1, 0.15) is 18.1 Å². The Hall–Kier alpha value is -2.61. The lowest BCUT2D eigenvalue weighted by Crippen LogP contribution is -2.39. The lowest BCUT2D eigenvalue weighted by Gasteiger charge is -2.17. The highest BCUT2D eigenvalue weighted by molar-refractivity contribution is 5.79. The van der Waals surface area contributed by atoms with Gasteiger partial charge in [-0.3, -0.25) is 0 Å². The Morgan fingerprint density at radius 2 is 2.00 bits per heavy atom. The molecule has 1 unspecified atom stereocenters. The molecule has 0 bridgehead atoms. The van der Waals surface area contributed by atoms with Crippen molar-refractivity contribution in [2.75, 3.05) is 13.1 Å². The van der Waals surface area contributed by atoms with Gasteiger partial charge in [-0.1, -0.05) is 12.1 Å².